The molecule has 0 saturated carbocycles. The number of carbonyl (C=O) groups is 1. The van der Waals surface area contributed by atoms with E-state index in [0.717, 1.165) is 10.7 Å². The highest BCUT2D eigenvalue weighted by Crippen LogP contribution is 2.15. The van der Waals surface area contributed by atoms with Gasteiger partial charge in [-0.15, -0.1) is 11.3 Å². The summed E-state index contributed by atoms with van der Waals surface area (Å²) in [5.74, 6) is 0.0105. The van der Waals surface area contributed by atoms with Crippen LogP contribution in [0.3, 0.4) is 0 Å². The van der Waals surface area contributed by atoms with Gasteiger partial charge in [0, 0.05) is 17.0 Å². The number of nitrogens with zero attached hydrogens (tertiary/aromatic N) is 1. The van der Waals surface area contributed by atoms with Gasteiger partial charge in [0.05, 0.1) is 17.2 Å². The Balaban J connectivity index is 2.38. The number of rotatable bonds is 4. The SMILES string of the molecule is Cc1nc(C(C)NCC(=O)NC(C)(C)C)cs1. The molecule has 96 valence electrons. The zero-order chi connectivity index (χ0) is 13.1. The van der Waals surface area contributed by atoms with Crippen molar-refractivity contribution >= 4 is 17.2 Å². The topological polar surface area (TPSA) is 54.0 Å². The summed E-state index contributed by atoms with van der Waals surface area (Å²) in [4.78, 5) is 16.0. The maximum atomic E-state index is 11.6. The van der Waals surface area contributed by atoms with E-state index < -0.39 is 0 Å². The number of thiazole rings is 1. The van der Waals surface area contributed by atoms with E-state index in [0.29, 0.717) is 6.54 Å². The molecule has 0 fully saturated rings. The quantitative estimate of drug-likeness (QED) is 0.865. The van der Waals surface area contributed by atoms with Gasteiger partial charge < -0.3 is 10.6 Å². The molecule has 1 amide bonds. The first-order chi connectivity index (χ1) is 7.78. The second kappa shape index (κ2) is 5.60. The normalized spacial score (nSPS) is 13.5. The minimum atomic E-state index is -0.181. The number of aryl methyl sites for hydroxylation is 1. The number of aromatic nitrogens is 1. The first-order valence-electron chi connectivity index (χ1n) is 5.74. The fraction of sp³-hybridized carbons (Fsp3) is 0.667. The van der Waals surface area contributed by atoms with E-state index in [2.05, 4.69) is 15.6 Å². The molecule has 1 unspecified atom stereocenters. The average molecular weight is 255 g/mol. The lowest BCUT2D eigenvalue weighted by atomic mass is 10.1. The van der Waals surface area contributed by atoms with Gasteiger partial charge in [-0.05, 0) is 34.6 Å². The molecule has 0 aliphatic heterocycles. The summed E-state index contributed by atoms with van der Waals surface area (Å²) in [6, 6.07) is 0.102. The van der Waals surface area contributed by atoms with Crippen molar-refractivity contribution in [3.8, 4) is 0 Å². The van der Waals surface area contributed by atoms with Crippen molar-refractivity contribution in [2.24, 2.45) is 0 Å². The minimum absolute atomic E-state index is 0.0105. The Morgan fingerprint density at radius 3 is 2.65 bits per heavy atom. The van der Waals surface area contributed by atoms with Crippen molar-refractivity contribution in [1.29, 1.82) is 0 Å². The molecule has 0 spiro atoms. The Hall–Kier alpha value is -0.940. The van der Waals surface area contributed by atoms with Crippen molar-refractivity contribution < 1.29 is 4.79 Å². The van der Waals surface area contributed by atoms with Crippen molar-refractivity contribution in [3.05, 3.63) is 16.1 Å². The molecule has 4 nitrogen and oxygen atoms in total. The highest BCUT2D eigenvalue weighted by molar-refractivity contribution is 7.09. The van der Waals surface area contributed by atoms with E-state index in [9.17, 15) is 4.79 Å². The summed E-state index contributed by atoms with van der Waals surface area (Å²) < 4.78 is 0. The summed E-state index contributed by atoms with van der Waals surface area (Å²) in [5, 5.41) is 9.15. The Morgan fingerprint density at radius 2 is 2.18 bits per heavy atom. The molecule has 1 rings (SSSR count). The molecule has 0 bridgehead atoms. The standard InChI is InChI=1S/C12H21N3OS/c1-8(10-7-17-9(2)14-10)13-6-11(16)15-12(3,4)5/h7-8,13H,6H2,1-5H3,(H,15,16). The van der Waals surface area contributed by atoms with Gasteiger partial charge in [-0.25, -0.2) is 4.98 Å². The van der Waals surface area contributed by atoms with Crippen LogP contribution in [0.2, 0.25) is 0 Å². The molecule has 1 aromatic heterocycles. The first kappa shape index (κ1) is 14.1. The van der Waals surface area contributed by atoms with Gasteiger partial charge >= 0.3 is 0 Å². The average Bonchev–Trinajstić information content (AvgIpc) is 2.58. The van der Waals surface area contributed by atoms with Crippen molar-refractivity contribution in [2.45, 2.75) is 46.2 Å². The van der Waals surface area contributed by atoms with Crippen LogP contribution in [0.4, 0.5) is 0 Å². The van der Waals surface area contributed by atoms with Gasteiger partial charge in [0.2, 0.25) is 5.91 Å². The maximum absolute atomic E-state index is 11.6. The second-order valence-corrected chi connectivity index (χ2v) is 6.25. The van der Waals surface area contributed by atoms with Gasteiger partial charge in [-0.1, -0.05) is 0 Å². The predicted molar refractivity (Wildman–Crippen MR) is 71.2 cm³/mol. The summed E-state index contributed by atoms with van der Waals surface area (Å²) >= 11 is 1.63. The largest absolute Gasteiger partial charge is 0.350 e. The van der Waals surface area contributed by atoms with E-state index in [-0.39, 0.29) is 17.5 Å². The molecule has 0 aliphatic rings. The smallest absolute Gasteiger partial charge is 0.234 e. The molecular formula is C12H21N3OS. The molecule has 0 saturated heterocycles. The molecule has 1 aromatic rings. The fourth-order valence-electron chi connectivity index (χ4n) is 1.39. The minimum Gasteiger partial charge on any atom is -0.350 e. The third-order valence-electron chi connectivity index (χ3n) is 2.16. The van der Waals surface area contributed by atoms with Crippen LogP contribution in [0, 0.1) is 6.92 Å². The van der Waals surface area contributed by atoms with E-state index in [1.165, 1.54) is 0 Å². The van der Waals surface area contributed by atoms with Gasteiger partial charge in [0.15, 0.2) is 0 Å². The van der Waals surface area contributed by atoms with Crippen LogP contribution in [-0.4, -0.2) is 23.0 Å². The number of carbonyl (C=O) groups excluding carboxylic acids is 1. The van der Waals surface area contributed by atoms with Crippen LogP contribution in [0.15, 0.2) is 5.38 Å². The van der Waals surface area contributed by atoms with E-state index in [1.54, 1.807) is 11.3 Å². The summed E-state index contributed by atoms with van der Waals surface area (Å²) in [6.07, 6.45) is 0. The zero-order valence-electron chi connectivity index (χ0n) is 11.1. The number of hydrogen-bond donors (Lipinski definition) is 2. The van der Waals surface area contributed by atoms with Gasteiger partial charge in [-0.3, -0.25) is 4.79 Å². The summed E-state index contributed by atoms with van der Waals surface area (Å²) in [6.45, 7) is 10.2. The third-order valence-corrected chi connectivity index (χ3v) is 2.96. The molecule has 2 N–H and O–H groups in total. The van der Waals surface area contributed by atoms with Crippen LogP contribution in [0.5, 0.6) is 0 Å². The molecule has 0 aliphatic carbocycles. The zero-order valence-corrected chi connectivity index (χ0v) is 11.9. The highest BCUT2D eigenvalue weighted by Gasteiger charge is 2.15. The molecular weight excluding hydrogens is 234 g/mol. The Morgan fingerprint density at radius 1 is 1.53 bits per heavy atom. The Kier molecular flexibility index (Phi) is 4.65. The molecule has 0 radical (unpaired) electrons. The molecule has 0 aromatic carbocycles. The maximum Gasteiger partial charge on any atom is 0.234 e. The first-order valence-corrected chi connectivity index (χ1v) is 6.62. The van der Waals surface area contributed by atoms with Crippen molar-refractivity contribution in [3.63, 3.8) is 0 Å². The number of amides is 1. The Bertz CT molecular complexity index is 381. The molecule has 17 heavy (non-hydrogen) atoms. The summed E-state index contributed by atoms with van der Waals surface area (Å²) in [5.41, 5.74) is 0.815. The lowest BCUT2D eigenvalue weighted by Gasteiger charge is -2.21. The van der Waals surface area contributed by atoms with Crippen LogP contribution in [0.25, 0.3) is 0 Å². The van der Waals surface area contributed by atoms with E-state index in [1.807, 2.05) is 40.0 Å². The number of hydrogen-bond acceptors (Lipinski definition) is 4. The fourth-order valence-corrected chi connectivity index (χ4v) is 2.10. The highest BCUT2D eigenvalue weighted by atomic mass is 32.1. The van der Waals surface area contributed by atoms with Crippen molar-refractivity contribution in [1.82, 2.24) is 15.6 Å². The van der Waals surface area contributed by atoms with Crippen molar-refractivity contribution in [2.75, 3.05) is 6.54 Å². The third kappa shape index (κ3) is 5.28. The molecule has 5 heteroatoms. The molecule has 1 atom stereocenters. The van der Waals surface area contributed by atoms with E-state index >= 15 is 0 Å². The predicted octanol–water partition coefficient (Wildman–Crippen LogP) is 2.02. The van der Waals surface area contributed by atoms with Crippen LogP contribution in [-0.2, 0) is 4.79 Å². The van der Waals surface area contributed by atoms with Gasteiger partial charge in [-0.2, -0.15) is 0 Å². The Labute approximate surface area is 107 Å². The monoisotopic (exact) mass is 255 g/mol. The van der Waals surface area contributed by atoms with Gasteiger partial charge in [0.25, 0.3) is 0 Å². The lowest BCUT2D eigenvalue weighted by molar-refractivity contribution is -0.121. The van der Waals surface area contributed by atoms with Crippen LogP contribution >= 0.6 is 11.3 Å². The van der Waals surface area contributed by atoms with Crippen LogP contribution < -0.4 is 10.6 Å². The van der Waals surface area contributed by atoms with Gasteiger partial charge in [0.1, 0.15) is 0 Å². The van der Waals surface area contributed by atoms with E-state index in [4.69, 9.17) is 0 Å². The van der Waals surface area contributed by atoms with Crippen LogP contribution in [0.1, 0.15) is 44.4 Å². The number of nitrogens with one attached hydrogen (secondary N) is 2. The summed E-state index contributed by atoms with van der Waals surface area (Å²) in [7, 11) is 0. The second-order valence-electron chi connectivity index (χ2n) is 5.19. The lowest BCUT2D eigenvalue weighted by Crippen LogP contribution is -2.45. The molecule has 1 heterocycles.